The van der Waals surface area contributed by atoms with Gasteiger partial charge in [0.2, 0.25) is 11.8 Å². The molecule has 40 heavy (non-hydrogen) atoms. The molecule has 2 heterocycles. The van der Waals surface area contributed by atoms with Gasteiger partial charge in [-0.25, -0.2) is 0 Å². The largest absolute Gasteiger partial charge is 0.497 e. The molecule has 0 radical (unpaired) electrons. The van der Waals surface area contributed by atoms with Gasteiger partial charge in [0, 0.05) is 31.6 Å². The van der Waals surface area contributed by atoms with Crippen LogP contribution in [0.3, 0.4) is 0 Å². The first kappa shape index (κ1) is 32.4. The van der Waals surface area contributed by atoms with E-state index in [-0.39, 0.29) is 35.9 Å². The Morgan fingerprint density at radius 2 is 1.73 bits per heavy atom. The maximum atomic E-state index is 13.7. The number of amides is 2. The van der Waals surface area contributed by atoms with E-state index in [9.17, 15) is 19.5 Å². The molecule has 1 saturated carbocycles. The quantitative estimate of drug-likeness (QED) is 0.283. The molecule has 9 heteroatoms. The summed E-state index contributed by atoms with van der Waals surface area (Å²) in [5.74, 6) is 0.763. The summed E-state index contributed by atoms with van der Waals surface area (Å²) in [6, 6.07) is 6.41. The van der Waals surface area contributed by atoms with E-state index in [1.165, 1.54) is 6.42 Å². The maximum absolute atomic E-state index is 13.7. The molecule has 0 unspecified atom stereocenters. The van der Waals surface area contributed by atoms with Crippen LogP contribution in [0.15, 0.2) is 24.3 Å². The number of hydrogen-bond donors (Lipinski definition) is 2. The third-order valence-electron chi connectivity index (χ3n) is 9.19. The van der Waals surface area contributed by atoms with E-state index >= 15 is 0 Å². The van der Waals surface area contributed by atoms with E-state index in [2.05, 4.69) is 17.1 Å². The number of carbonyl (C=O) groups excluding carboxylic acids is 3. The highest BCUT2D eigenvalue weighted by molar-refractivity contribution is 6.00. The lowest BCUT2D eigenvalue weighted by atomic mass is 9.78. The molecule has 1 aromatic rings. The number of unbranched alkanes of at least 4 members (excludes halogenated alkanes) is 2. The summed E-state index contributed by atoms with van der Waals surface area (Å²) in [4.78, 5) is 44.1. The maximum Gasteiger partial charge on any atom is 0.248 e. The first-order valence-corrected chi connectivity index (χ1v) is 15.1. The molecule has 2 amide bonds. The highest BCUT2D eigenvalue weighted by atomic mass is 35.5. The second-order valence-corrected chi connectivity index (χ2v) is 11.7. The van der Waals surface area contributed by atoms with E-state index < -0.39 is 17.7 Å². The van der Waals surface area contributed by atoms with Crippen molar-refractivity contribution in [3.8, 4) is 5.75 Å². The minimum Gasteiger partial charge on any atom is -0.497 e. The van der Waals surface area contributed by atoms with E-state index in [4.69, 9.17) is 4.74 Å². The number of aliphatic hydroxyl groups excluding tert-OH is 1. The average Bonchev–Trinajstić information content (AvgIpc) is 2.98. The summed E-state index contributed by atoms with van der Waals surface area (Å²) in [5.41, 5.74) is -0.113. The Hall–Kier alpha value is -2.16. The molecule has 0 aromatic heterocycles. The zero-order valence-corrected chi connectivity index (χ0v) is 25.1. The van der Waals surface area contributed by atoms with Crippen molar-refractivity contribution in [1.29, 1.82) is 0 Å². The number of nitrogens with zero attached hydrogens (tertiary/aromatic N) is 2. The van der Waals surface area contributed by atoms with Gasteiger partial charge in [-0.2, -0.15) is 0 Å². The van der Waals surface area contributed by atoms with Gasteiger partial charge in [0.1, 0.15) is 17.3 Å². The van der Waals surface area contributed by atoms with E-state index in [1.807, 2.05) is 29.2 Å². The second-order valence-electron chi connectivity index (χ2n) is 11.7. The molecule has 8 nitrogen and oxygen atoms in total. The smallest absolute Gasteiger partial charge is 0.248 e. The van der Waals surface area contributed by atoms with Crippen LogP contribution in [0.25, 0.3) is 0 Å². The van der Waals surface area contributed by atoms with Crippen molar-refractivity contribution >= 4 is 30.0 Å². The van der Waals surface area contributed by atoms with Crippen LogP contribution in [0.4, 0.5) is 0 Å². The van der Waals surface area contributed by atoms with Crippen LogP contribution in [0.5, 0.6) is 5.75 Å². The third-order valence-corrected chi connectivity index (χ3v) is 9.19. The van der Waals surface area contributed by atoms with Crippen LogP contribution in [0, 0.1) is 5.92 Å². The van der Waals surface area contributed by atoms with E-state index in [0.717, 1.165) is 76.8 Å². The molecule has 224 valence electrons. The fourth-order valence-electron chi connectivity index (χ4n) is 6.64. The van der Waals surface area contributed by atoms with Crippen molar-refractivity contribution in [2.75, 3.05) is 33.3 Å². The summed E-state index contributed by atoms with van der Waals surface area (Å²) >= 11 is 0. The topological polar surface area (TPSA) is 99.2 Å². The Kier molecular flexibility index (Phi) is 12.3. The molecular formula is C31H48ClN3O5. The summed E-state index contributed by atoms with van der Waals surface area (Å²) in [7, 11) is 1.61. The van der Waals surface area contributed by atoms with Gasteiger partial charge in [0.25, 0.3) is 0 Å². The number of piperidine rings is 1. The zero-order valence-electron chi connectivity index (χ0n) is 24.2. The van der Waals surface area contributed by atoms with Gasteiger partial charge in [-0.3, -0.25) is 14.4 Å². The lowest BCUT2D eigenvalue weighted by molar-refractivity contribution is -0.165. The SMILES string of the molecule is CCCCN1C(=O)[C@@H]([C@H](O)C2CCCCC2)NC(=O)C12CCN(CCCCC(=O)c1ccc(OC)cc1)CC2.Cl. The van der Waals surface area contributed by atoms with Crippen molar-refractivity contribution in [3.63, 3.8) is 0 Å². The normalized spacial score (nSPS) is 22.5. The van der Waals surface area contributed by atoms with Crippen LogP contribution in [-0.4, -0.2) is 83.5 Å². The minimum atomic E-state index is -0.829. The fourth-order valence-corrected chi connectivity index (χ4v) is 6.64. The number of Topliss-reactive ketones (excluding diaryl/α,β-unsaturated/α-hetero) is 1. The van der Waals surface area contributed by atoms with Gasteiger partial charge in [0.15, 0.2) is 5.78 Å². The summed E-state index contributed by atoms with van der Waals surface area (Å²) in [6.45, 7) is 5.01. The molecular weight excluding hydrogens is 530 g/mol. The van der Waals surface area contributed by atoms with Crippen LogP contribution >= 0.6 is 12.4 Å². The van der Waals surface area contributed by atoms with Crippen LogP contribution in [0.1, 0.15) is 94.3 Å². The van der Waals surface area contributed by atoms with Crippen LogP contribution < -0.4 is 10.1 Å². The Labute approximate surface area is 245 Å². The number of nitrogens with one attached hydrogen (secondary N) is 1. The molecule has 1 aromatic carbocycles. The monoisotopic (exact) mass is 577 g/mol. The van der Waals surface area contributed by atoms with Crippen LogP contribution in [0.2, 0.25) is 0 Å². The predicted molar refractivity (Wildman–Crippen MR) is 158 cm³/mol. The van der Waals surface area contributed by atoms with Gasteiger partial charge in [-0.1, -0.05) is 32.6 Å². The molecule has 1 aliphatic carbocycles. The number of hydrogen-bond acceptors (Lipinski definition) is 6. The van der Waals surface area contributed by atoms with E-state index in [1.54, 1.807) is 7.11 Å². The molecule has 3 aliphatic rings. The Balaban J connectivity index is 0.00000441. The van der Waals surface area contributed by atoms with Crippen molar-refractivity contribution in [2.45, 2.75) is 102 Å². The number of halogens is 1. The fraction of sp³-hybridized carbons (Fsp3) is 0.710. The Morgan fingerprint density at radius 3 is 2.35 bits per heavy atom. The summed E-state index contributed by atoms with van der Waals surface area (Å²) in [6.07, 6.45) is 9.58. The molecule has 0 bridgehead atoms. The van der Waals surface area contributed by atoms with Crippen molar-refractivity contribution in [3.05, 3.63) is 29.8 Å². The highest BCUT2D eigenvalue weighted by Gasteiger charge is 2.55. The zero-order chi connectivity index (χ0) is 27.8. The predicted octanol–water partition coefficient (Wildman–Crippen LogP) is 4.37. The summed E-state index contributed by atoms with van der Waals surface area (Å²) < 4.78 is 5.16. The molecule has 2 saturated heterocycles. The number of aliphatic hydroxyl groups is 1. The minimum absolute atomic E-state index is 0. The number of carbonyl (C=O) groups is 3. The molecule has 1 spiro atoms. The molecule has 3 fully saturated rings. The lowest BCUT2D eigenvalue weighted by Gasteiger charge is -2.52. The van der Waals surface area contributed by atoms with Gasteiger partial charge in [-0.05, 0) is 81.7 Å². The first-order chi connectivity index (χ1) is 18.9. The third kappa shape index (κ3) is 7.37. The second kappa shape index (κ2) is 15.2. The standard InChI is InChI=1S/C31H47N3O5.ClH/c1-3-4-20-34-29(37)27(28(36)24-10-6-5-7-11-24)32-30(38)31(34)17-21-33(22-18-31)19-9-8-12-26(35)23-13-15-25(39-2)16-14-23;/h13-16,24,27-28,36H,3-12,17-22H2,1-2H3,(H,32,38);1H/t27-,28-;/m1./s1. The Morgan fingerprint density at radius 1 is 1.05 bits per heavy atom. The van der Waals surface area contributed by atoms with Gasteiger partial charge in [-0.15, -0.1) is 12.4 Å². The Bertz CT molecular complexity index is 974. The van der Waals surface area contributed by atoms with Gasteiger partial charge >= 0.3 is 0 Å². The summed E-state index contributed by atoms with van der Waals surface area (Å²) in [5, 5.41) is 14.1. The average molecular weight is 578 g/mol. The number of likely N-dealkylation sites (tertiary alicyclic amines) is 1. The number of rotatable bonds is 12. The first-order valence-electron chi connectivity index (χ1n) is 15.1. The lowest BCUT2D eigenvalue weighted by Crippen LogP contribution is -2.75. The van der Waals surface area contributed by atoms with Crippen molar-refractivity contribution in [1.82, 2.24) is 15.1 Å². The molecule has 2 N–H and O–H groups in total. The number of methoxy groups -OCH3 is 1. The van der Waals surface area contributed by atoms with E-state index in [0.29, 0.717) is 31.4 Å². The van der Waals surface area contributed by atoms with Crippen molar-refractivity contribution < 1.29 is 24.2 Å². The number of piperazine rings is 1. The number of ketones is 1. The van der Waals surface area contributed by atoms with Gasteiger partial charge in [0.05, 0.1) is 13.2 Å². The molecule has 4 rings (SSSR count). The number of ether oxygens (including phenoxy) is 1. The van der Waals surface area contributed by atoms with Crippen molar-refractivity contribution in [2.24, 2.45) is 5.92 Å². The number of benzene rings is 1. The molecule has 2 aliphatic heterocycles. The van der Waals surface area contributed by atoms with Crippen LogP contribution in [-0.2, 0) is 9.59 Å². The van der Waals surface area contributed by atoms with Gasteiger partial charge < -0.3 is 25.0 Å². The highest BCUT2D eigenvalue weighted by Crippen LogP contribution is 2.36. The molecule has 2 atom stereocenters.